The lowest BCUT2D eigenvalue weighted by molar-refractivity contribution is -0.116. The van der Waals surface area contributed by atoms with Gasteiger partial charge in [0.2, 0.25) is 0 Å². The third kappa shape index (κ3) is 2.71. The third-order valence-corrected chi connectivity index (χ3v) is 2.28. The van der Waals surface area contributed by atoms with Gasteiger partial charge in [-0.25, -0.2) is 4.79 Å². The first-order valence-corrected chi connectivity index (χ1v) is 4.81. The number of nitrogens with two attached hydrogens (primary N) is 1. The Balaban J connectivity index is 3.07. The van der Waals surface area contributed by atoms with Crippen molar-refractivity contribution in [1.29, 1.82) is 0 Å². The van der Waals surface area contributed by atoms with Crippen LogP contribution in [0, 0.1) is 0 Å². The Hall–Kier alpha value is -1.59. The standard InChI is InChI=1S/C11H16N2O3/c1-13(16-3)7-8-5-4-6-9(12)10(8)11(14)15-2/h4-6H,7,12H2,1-3H3. The Morgan fingerprint density at radius 1 is 1.44 bits per heavy atom. The van der Waals surface area contributed by atoms with Crippen molar-refractivity contribution in [3.05, 3.63) is 29.3 Å². The summed E-state index contributed by atoms with van der Waals surface area (Å²) >= 11 is 0. The zero-order valence-corrected chi connectivity index (χ0v) is 9.69. The molecular weight excluding hydrogens is 208 g/mol. The van der Waals surface area contributed by atoms with Crippen LogP contribution >= 0.6 is 0 Å². The number of nitrogens with zero attached hydrogens (tertiary/aromatic N) is 1. The molecule has 0 heterocycles. The second-order valence-electron chi connectivity index (χ2n) is 3.34. The highest BCUT2D eigenvalue weighted by molar-refractivity contribution is 5.96. The molecule has 5 heteroatoms. The molecule has 0 radical (unpaired) electrons. The summed E-state index contributed by atoms with van der Waals surface area (Å²) in [5.41, 5.74) is 7.34. The molecule has 0 aromatic heterocycles. The van der Waals surface area contributed by atoms with Gasteiger partial charge < -0.3 is 15.3 Å². The molecule has 0 fully saturated rings. The fourth-order valence-electron chi connectivity index (χ4n) is 1.41. The molecule has 5 nitrogen and oxygen atoms in total. The number of methoxy groups -OCH3 is 1. The summed E-state index contributed by atoms with van der Waals surface area (Å²) in [5.74, 6) is -0.433. The average Bonchev–Trinajstić information content (AvgIpc) is 2.28. The second-order valence-corrected chi connectivity index (χ2v) is 3.34. The summed E-state index contributed by atoms with van der Waals surface area (Å²) < 4.78 is 4.69. The molecule has 88 valence electrons. The minimum atomic E-state index is -0.433. The Morgan fingerprint density at radius 2 is 2.12 bits per heavy atom. The fourth-order valence-corrected chi connectivity index (χ4v) is 1.41. The van der Waals surface area contributed by atoms with E-state index >= 15 is 0 Å². The number of anilines is 1. The maximum atomic E-state index is 11.6. The van der Waals surface area contributed by atoms with Gasteiger partial charge in [-0.15, -0.1) is 0 Å². The van der Waals surface area contributed by atoms with Crippen molar-refractivity contribution in [2.45, 2.75) is 6.54 Å². The number of hydrogen-bond acceptors (Lipinski definition) is 5. The summed E-state index contributed by atoms with van der Waals surface area (Å²) in [6.45, 7) is 0.464. The van der Waals surface area contributed by atoms with Crippen molar-refractivity contribution in [3.63, 3.8) is 0 Å². The predicted molar refractivity (Wildman–Crippen MR) is 60.7 cm³/mol. The lowest BCUT2D eigenvalue weighted by Crippen LogP contribution is -2.19. The van der Waals surface area contributed by atoms with Gasteiger partial charge in [0.05, 0.1) is 19.8 Å². The topological polar surface area (TPSA) is 64.8 Å². The van der Waals surface area contributed by atoms with Gasteiger partial charge in [0.1, 0.15) is 0 Å². The third-order valence-electron chi connectivity index (χ3n) is 2.28. The van der Waals surface area contributed by atoms with E-state index in [1.54, 1.807) is 31.4 Å². The van der Waals surface area contributed by atoms with Crippen molar-refractivity contribution < 1.29 is 14.4 Å². The Labute approximate surface area is 94.7 Å². The smallest absolute Gasteiger partial charge is 0.340 e. The van der Waals surface area contributed by atoms with Crippen molar-refractivity contribution >= 4 is 11.7 Å². The van der Waals surface area contributed by atoms with E-state index in [4.69, 9.17) is 15.3 Å². The number of ether oxygens (including phenoxy) is 1. The Morgan fingerprint density at radius 3 is 2.69 bits per heavy atom. The molecule has 0 atom stereocenters. The van der Waals surface area contributed by atoms with Crippen LogP contribution in [0.5, 0.6) is 0 Å². The SMILES string of the molecule is COC(=O)c1c(N)cccc1CN(C)OC. The van der Waals surface area contributed by atoms with E-state index in [1.165, 1.54) is 7.11 Å². The van der Waals surface area contributed by atoms with E-state index in [2.05, 4.69) is 0 Å². The molecule has 0 aliphatic carbocycles. The number of rotatable bonds is 4. The number of benzene rings is 1. The van der Waals surface area contributed by atoms with Gasteiger partial charge in [0, 0.05) is 19.3 Å². The first-order chi connectivity index (χ1) is 7.60. The number of hydroxylamine groups is 2. The van der Waals surface area contributed by atoms with Gasteiger partial charge in [-0.1, -0.05) is 12.1 Å². The minimum Gasteiger partial charge on any atom is -0.465 e. The highest BCUT2D eigenvalue weighted by Crippen LogP contribution is 2.19. The van der Waals surface area contributed by atoms with Gasteiger partial charge in [-0.05, 0) is 11.6 Å². The number of nitrogen functional groups attached to an aromatic ring is 1. The van der Waals surface area contributed by atoms with E-state index in [0.29, 0.717) is 17.8 Å². The van der Waals surface area contributed by atoms with E-state index in [9.17, 15) is 4.79 Å². The number of esters is 1. The lowest BCUT2D eigenvalue weighted by atomic mass is 10.1. The van der Waals surface area contributed by atoms with Crippen LogP contribution in [0.25, 0.3) is 0 Å². The second kappa shape index (κ2) is 5.48. The molecule has 0 aliphatic heterocycles. The largest absolute Gasteiger partial charge is 0.465 e. The van der Waals surface area contributed by atoms with Crippen LogP contribution in [0.1, 0.15) is 15.9 Å². The van der Waals surface area contributed by atoms with Crippen LogP contribution in [0.3, 0.4) is 0 Å². The normalized spacial score (nSPS) is 10.5. The van der Waals surface area contributed by atoms with E-state index in [0.717, 1.165) is 5.56 Å². The minimum absolute atomic E-state index is 0.397. The summed E-state index contributed by atoms with van der Waals surface area (Å²) in [6, 6.07) is 5.28. The Bertz CT molecular complexity index is 379. The van der Waals surface area contributed by atoms with E-state index in [1.807, 2.05) is 6.07 Å². The summed E-state index contributed by atoms with van der Waals surface area (Å²) in [5, 5.41) is 1.60. The molecule has 16 heavy (non-hydrogen) atoms. The molecule has 0 unspecified atom stereocenters. The Kier molecular flexibility index (Phi) is 4.28. The van der Waals surface area contributed by atoms with Crippen LogP contribution in [-0.2, 0) is 16.1 Å². The molecule has 1 aromatic rings. The van der Waals surface area contributed by atoms with Crippen molar-refractivity contribution in [1.82, 2.24) is 5.06 Å². The molecule has 0 aliphatic rings. The summed E-state index contributed by atoms with van der Waals surface area (Å²) in [6.07, 6.45) is 0. The fraction of sp³-hybridized carbons (Fsp3) is 0.364. The molecule has 0 bridgehead atoms. The van der Waals surface area contributed by atoms with Crippen molar-refractivity contribution in [2.75, 3.05) is 27.0 Å². The summed E-state index contributed by atoms with van der Waals surface area (Å²) in [4.78, 5) is 16.6. The number of carbonyl (C=O) groups excluding carboxylic acids is 1. The van der Waals surface area contributed by atoms with Gasteiger partial charge >= 0.3 is 5.97 Å². The van der Waals surface area contributed by atoms with Crippen molar-refractivity contribution in [3.8, 4) is 0 Å². The van der Waals surface area contributed by atoms with Gasteiger partial charge in [0.15, 0.2) is 0 Å². The lowest BCUT2D eigenvalue weighted by Gasteiger charge is -2.16. The molecule has 1 aromatic carbocycles. The van der Waals surface area contributed by atoms with E-state index in [-0.39, 0.29) is 0 Å². The molecular formula is C11H16N2O3. The molecule has 2 N–H and O–H groups in total. The zero-order valence-electron chi connectivity index (χ0n) is 9.69. The van der Waals surface area contributed by atoms with Crippen LogP contribution in [0.4, 0.5) is 5.69 Å². The van der Waals surface area contributed by atoms with Gasteiger partial charge in [-0.2, -0.15) is 5.06 Å². The van der Waals surface area contributed by atoms with Gasteiger partial charge in [-0.3, -0.25) is 0 Å². The molecule has 0 spiro atoms. The molecule has 0 amide bonds. The zero-order chi connectivity index (χ0) is 12.1. The molecule has 0 saturated heterocycles. The van der Waals surface area contributed by atoms with Crippen LogP contribution in [0.2, 0.25) is 0 Å². The highest BCUT2D eigenvalue weighted by atomic mass is 16.7. The maximum Gasteiger partial charge on any atom is 0.340 e. The van der Waals surface area contributed by atoms with E-state index < -0.39 is 5.97 Å². The monoisotopic (exact) mass is 224 g/mol. The van der Waals surface area contributed by atoms with Crippen molar-refractivity contribution in [2.24, 2.45) is 0 Å². The first-order valence-electron chi connectivity index (χ1n) is 4.81. The van der Waals surface area contributed by atoms with Crippen LogP contribution in [0.15, 0.2) is 18.2 Å². The summed E-state index contributed by atoms with van der Waals surface area (Å²) in [7, 11) is 4.66. The number of hydrogen-bond donors (Lipinski definition) is 1. The quantitative estimate of drug-likeness (QED) is 0.470. The maximum absolute atomic E-state index is 11.6. The average molecular weight is 224 g/mol. The highest BCUT2D eigenvalue weighted by Gasteiger charge is 2.16. The predicted octanol–water partition coefficient (Wildman–Crippen LogP) is 1.05. The molecule has 0 saturated carbocycles. The van der Waals surface area contributed by atoms with Gasteiger partial charge in [0.25, 0.3) is 0 Å². The molecule has 1 rings (SSSR count). The first kappa shape index (κ1) is 12.5. The van der Waals surface area contributed by atoms with Crippen LogP contribution < -0.4 is 5.73 Å². The van der Waals surface area contributed by atoms with Crippen LogP contribution in [-0.4, -0.2) is 32.3 Å². The number of carbonyl (C=O) groups is 1.